The number of nitrogens with zero attached hydrogens (tertiary/aromatic N) is 2. The first-order valence-corrected chi connectivity index (χ1v) is 8.90. The van der Waals surface area contributed by atoms with Crippen molar-refractivity contribution in [1.82, 2.24) is 9.80 Å². The monoisotopic (exact) mass is 297 g/mol. The molecular weight excluding hydrogens is 262 g/mol. The number of hydrogen-bond donors (Lipinski definition) is 1. The Morgan fingerprint density at radius 3 is 2.76 bits per heavy atom. The molecule has 21 heavy (non-hydrogen) atoms. The molecule has 2 aliphatic rings. The molecule has 0 aliphatic carbocycles. The van der Waals surface area contributed by atoms with Gasteiger partial charge < -0.3 is 10.5 Å². The zero-order valence-electron chi connectivity index (χ0n) is 14.3. The molecule has 2 fully saturated rings. The standard InChI is InChI=1S/C17H35N3O/c1-4-15-5-6-20(16(9-15)10-18)13-17-12-19(7-8-21-17)11-14(2)3/h14-17H,4-13,18H2,1-3H3. The van der Waals surface area contributed by atoms with Gasteiger partial charge in [-0.25, -0.2) is 0 Å². The SMILES string of the molecule is CCC1CCN(CC2CN(CC(C)C)CCO2)C(CN)C1. The summed E-state index contributed by atoms with van der Waals surface area (Å²) in [5.74, 6) is 1.61. The second kappa shape index (κ2) is 8.47. The molecule has 124 valence electrons. The molecule has 0 radical (unpaired) electrons. The predicted octanol–water partition coefficient (Wildman–Crippen LogP) is 1.79. The Kier molecular flexibility index (Phi) is 6.93. The van der Waals surface area contributed by atoms with Crippen LogP contribution in [-0.2, 0) is 4.74 Å². The third-order valence-electron chi connectivity index (χ3n) is 5.08. The van der Waals surface area contributed by atoms with Crippen LogP contribution in [0.15, 0.2) is 0 Å². The molecule has 0 aromatic rings. The Bertz CT molecular complexity index is 298. The van der Waals surface area contributed by atoms with Gasteiger partial charge >= 0.3 is 0 Å². The maximum absolute atomic E-state index is 6.02. The van der Waals surface area contributed by atoms with Crippen LogP contribution in [0.25, 0.3) is 0 Å². The van der Waals surface area contributed by atoms with Gasteiger partial charge in [-0.2, -0.15) is 0 Å². The lowest BCUT2D eigenvalue weighted by molar-refractivity contribution is -0.0564. The summed E-state index contributed by atoms with van der Waals surface area (Å²) in [5, 5.41) is 0. The third-order valence-corrected chi connectivity index (χ3v) is 5.08. The highest BCUT2D eigenvalue weighted by Gasteiger charge is 2.30. The maximum atomic E-state index is 6.02. The Labute approximate surface area is 131 Å². The average molecular weight is 297 g/mol. The van der Waals surface area contributed by atoms with Crippen molar-refractivity contribution < 1.29 is 4.74 Å². The summed E-state index contributed by atoms with van der Waals surface area (Å²) in [6, 6.07) is 0.563. The van der Waals surface area contributed by atoms with Gasteiger partial charge in [-0.3, -0.25) is 9.80 Å². The summed E-state index contributed by atoms with van der Waals surface area (Å²) < 4.78 is 6.01. The van der Waals surface area contributed by atoms with Gasteiger partial charge in [0.25, 0.3) is 0 Å². The van der Waals surface area contributed by atoms with Gasteiger partial charge in [0.2, 0.25) is 0 Å². The normalized spacial score (nSPS) is 32.7. The molecule has 4 nitrogen and oxygen atoms in total. The highest BCUT2D eigenvalue weighted by atomic mass is 16.5. The molecule has 4 heteroatoms. The fraction of sp³-hybridized carbons (Fsp3) is 1.00. The zero-order chi connectivity index (χ0) is 15.2. The van der Waals surface area contributed by atoms with Crippen LogP contribution in [-0.4, -0.2) is 67.8 Å². The van der Waals surface area contributed by atoms with Crippen molar-refractivity contribution >= 4 is 0 Å². The van der Waals surface area contributed by atoms with E-state index in [-0.39, 0.29) is 0 Å². The van der Waals surface area contributed by atoms with E-state index in [0.29, 0.717) is 12.1 Å². The molecule has 2 heterocycles. The second-order valence-electron chi connectivity index (χ2n) is 7.33. The fourth-order valence-corrected chi connectivity index (χ4v) is 3.87. The minimum atomic E-state index is 0.365. The number of piperidine rings is 1. The van der Waals surface area contributed by atoms with E-state index < -0.39 is 0 Å². The van der Waals surface area contributed by atoms with Gasteiger partial charge in [-0.1, -0.05) is 27.2 Å². The van der Waals surface area contributed by atoms with Crippen LogP contribution in [0.5, 0.6) is 0 Å². The number of morpholine rings is 1. The van der Waals surface area contributed by atoms with Crippen molar-refractivity contribution in [2.75, 3.05) is 45.9 Å². The molecule has 0 amide bonds. The van der Waals surface area contributed by atoms with Crippen LogP contribution >= 0.6 is 0 Å². The van der Waals surface area contributed by atoms with E-state index in [1.165, 1.54) is 32.4 Å². The first kappa shape index (κ1) is 17.2. The van der Waals surface area contributed by atoms with Crippen molar-refractivity contribution in [3.05, 3.63) is 0 Å². The maximum Gasteiger partial charge on any atom is 0.0829 e. The van der Waals surface area contributed by atoms with Gasteiger partial charge in [-0.15, -0.1) is 0 Å². The Hall–Kier alpha value is -0.160. The largest absolute Gasteiger partial charge is 0.374 e. The number of hydrogen-bond acceptors (Lipinski definition) is 4. The van der Waals surface area contributed by atoms with Gasteiger partial charge in [0.1, 0.15) is 0 Å². The summed E-state index contributed by atoms with van der Waals surface area (Å²) in [7, 11) is 0. The highest BCUT2D eigenvalue weighted by Crippen LogP contribution is 2.25. The molecular formula is C17H35N3O. The number of likely N-dealkylation sites (tertiary alicyclic amines) is 1. The molecule has 0 aromatic heterocycles. The topological polar surface area (TPSA) is 41.7 Å². The highest BCUT2D eigenvalue weighted by molar-refractivity contribution is 4.85. The van der Waals surface area contributed by atoms with Crippen LogP contribution in [0.3, 0.4) is 0 Å². The minimum Gasteiger partial charge on any atom is -0.374 e. The number of rotatable bonds is 6. The van der Waals surface area contributed by atoms with E-state index >= 15 is 0 Å². The van der Waals surface area contributed by atoms with Crippen molar-refractivity contribution in [2.24, 2.45) is 17.6 Å². The Morgan fingerprint density at radius 1 is 1.29 bits per heavy atom. The lowest BCUT2D eigenvalue weighted by Gasteiger charge is -2.42. The second-order valence-corrected chi connectivity index (χ2v) is 7.33. The Morgan fingerprint density at radius 2 is 2.10 bits per heavy atom. The average Bonchev–Trinajstić information content (AvgIpc) is 2.47. The van der Waals surface area contributed by atoms with Gasteiger partial charge in [0.15, 0.2) is 0 Å². The van der Waals surface area contributed by atoms with E-state index in [2.05, 4.69) is 30.6 Å². The van der Waals surface area contributed by atoms with Crippen molar-refractivity contribution in [1.29, 1.82) is 0 Å². The van der Waals surface area contributed by atoms with Crippen molar-refractivity contribution in [3.8, 4) is 0 Å². The molecule has 2 rings (SSSR count). The number of nitrogens with two attached hydrogens (primary N) is 1. The molecule has 0 spiro atoms. The van der Waals surface area contributed by atoms with E-state index in [1.54, 1.807) is 0 Å². The first-order chi connectivity index (χ1) is 10.1. The van der Waals surface area contributed by atoms with Crippen LogP contribution in [0.4, 0.5) is 0 Å². The molecule has 0 saturated carbocycles. The van der Waals surface area contributed by atoms with Crippen LogP contribution < -0.4 is 5.73 Å². The summed E-state index contributed by atoms with van der Waals surface area (Å²) in [6.07, 6.45) is 4.27. The quantitative estimate of drug-likeness (QED) is 0.811. The fourth-order valence-electron chi connectivity index (χ4n) is 3.87. The Balaban J connectivity index is 1.82. The predicted molar refractivity (Wildman–Crippen MR) is 88.4 cm³/mol. The summed E-state index contributed by atoms with van der Waals surface area (Å²) in [4.78, 5) is 5.16. The van der Waals surface area contributed by atoms with Gasteiger partial charge in [-0.05, 0) is 31.2 Å². The third kappa shape index (κ3) is 5.20. The molecule has 2 N–H and O–H groups in total. The number of ether oxygens (including phenoxy) is 1. The van der Waals surface area contributed by atoms with Crippen molar-refractivity contribution in [2.45, 2.75) is 52.2 Å². The van der Waals surface area contributed by atoms with Gasteiger partial charge in [0.05, 0.1) is 12.7 Å². The van der Waals surface area contributed by atoms with Crippen LogP contribution in [0.1, 0.15) is 40.0 Å². The lowest BCUT2D eigenvalue weighted by Crippen LogP contribution is -2.53. The molecule has 2 saturated heterocycles. The smallest absolute Gasteiger partial charge is 0.0829 e. The van der Waals surface area contributed by atoms with Gasteiger partial charge in [0, 0.05) is 38.8 Å². The van der Waals surface area contributed by atoms with E-state index in [4.69, 9.17) is 10.5 Å². The summed E-state index contributed by atoms with van der Waals surface area (Å²) in [5.41, 5.74) is 6.02. The van der Waals surface area contributed by atoms with Crippen LogP contribution in [0, 0.1) is 11.8 Å². The van der Waals surface area contributed by atoms with E-state index in [9.17, 15) is 0 Å². The van der Waals surface area contributed by atoms with Crippen LogP contribution in [0.2, 0.25) is 0 Å². The summed E-state index contributed by atoms with van der Waals surface area (Å²) >= 11 is 0. The first-order valence-electron chi connectivity index (χ1n) is 8.90. The molecule has 2 aliphatic heterocycles. The molecule has 0 aromatic carbocycles. The molecule has 0 bridgehead atoms. The van der Waals surface area contributed by atoms with E-state index in [1.807, 2.05) is 0 Å². The zero-order valence-corrected chi connectivity index (χ0v) is 14.3. The van der Waals surface area contributed by atoms with Crippen molar-refractivity contribution in [3.63, 3.8) is 0 Å². The summed E-state index contributed by atoms with van der Waals surface area (Å²) in [6.45, 7) is 14.2. The molecule has 3 atom stereocenters. The van der Waals surface area contributed by atoms with E-state index in [0.717, 1.165) is 44.6 Å². The molecule has 3 unspecified atom stereocenters. The lowest BCUT2D eigenvalue weighted by atomic mass is 9.88. The minimum absolute atomic E-state index is 0.365.